The summed E-state index contributed by atoms with van der Waals surface area (Å²) in [5.74, 6) is 0.647. The van der Waals surface area contributed by atoms with E-state index in [2.05, 4.69) is 41.6 Å². The molecule has 0 saturated carbocycles. The van der Waals surface area contributed by atoms with Crippen molar-refractivity contribution in [1.29, 1.82) is 0 Å². The van der Waals surface area contributed by atoms with Gasteiger partial charge in [-0.3, -0.25) is 0 Å². The standard InChI is InChI=1S/C13H26N4O/c1-5-7-8-10(3)15-13-17-16-12(18-13)11(4)14-9-6-2/h10-11,14H,5-9H2,1-4H3,(H,15,17). The molecular formula is C13H26N4O. The van der Waals surface area contributed by atoms with Crippen LogP contribution in [0, 0.1) is 0 Å². The van der Waals surface area contributed by atoms with E-state index in [0.29, 0.717) is 17.9 Å². The van der Waals surface area contributed by atoms with E-state index >= 15 is 0 Å². The summed E-state index contributed by atoms with van der Waals surface area (Å²) in [6.07, 6.45) is 4.64. The van der Waals surface area contributed by atoms with E-state index in [4.69, 9.17) is 4.42 Å². The van der Waals surface area contributed by atoms with Gasteiger partial charge in [0.2, 0.25) is 5.89 Å². The van der Waals surface area contributed by atoms with Crippen molar-refractivity contribution in [2.24, 2.45) is 0 Å². The van der Waals surface area contributed by atoms with Crippen molar-refractivity contribution in [3.05, 3.63) is 5.89 Å². The third-order valence-electron chi connectivity index (χ3n) is 2.87. The van der Waals surface area contributed by atoms with Crippen molar-refractivity contribution >= 4 is 6.01 Å². The van der Waals surface area contributed by atoms with Gasteiger partial charge in [-0.05, 0) is 33.2 Å². The lowest BCUT2D eigenvalue weighted by molar-refractivity contribution is 0.420. The number of hydrogen-bond donors (Lipinski definition) is 2. The fourth-order valence-corrected chi connectivity index (χ4v) is 1.71. The van der Waals surface area contributed by atoms with Crippen molar-refractivity contribution < 1.29 is 4.42 Å². The van der Waals surface area contributed by atoms with Crippen molar-refractivity contribution in [2.45, 2.75) is 65.5 Å². The summed E-state index contributed by atoms with van der Waals surface area (Å²) in [5.41, 5.74) is 0. The number of aromatic nitrogens is 2. The quantitative estimate of drug-likeness (QED) is 0.709. The summed E-state index contributed by atoms with van der Waals surface area (Å²) in [6.45, 7) is 9.46. The number of rotatable bonds is 9. The lowest BCUT2D eigenvalue weighted by atomic mass is 10.1. The van der Waals surface area contributed by atoms with Crippen LogP contribution in [0.25, 0.3) is 0 Å². The van der Waals surface area contributed by atoms with Crippen LogP contribution in [0.15, 0.2) is 4.42 Å². The smallest absolute Gasteiger partial charge is 0.315 e. The van der Waals surface area contributed by atoms with Crippen LogP contribution in [0.3, 0.4) is 0 Å². The highest BCUT2D eigenvalue weighted by atomic mass is 16.4. The molecular weight excluding hydrogens is 228 g/mol. The zero-order chi connectivity index (χ0) is 13.4. The number of hydrogen-bond acceptors (Lipinski definition) is 5. The van der Waals surface area contributed by atoms with Crippen molar-refractivity contribution in [3.8, 4) is 0 Å². The molecule has 104 valence electrons. The van der Waals surface area contributed by atoms with Gasteiger partial charge in [0, 0.05) is 6.04 Å². The van der Waals surface area contributed by atoms with Gasteiger partial charge in [-0.1, -0.05) is 31.8 Å². The Balaban J connectivity index is 2.42. The first-order valence-electron chi connectivity index (χ1n) is 7.00. The van der Waals surface area contributed by atoms with Gasteiger partial charge in [0.05, 0.1) is 6.04 Å². The molecule has 0 aromatic carbocycles. The largest absolute Gasteiger partial charge is 0.406 e. The molecule has 0 radical (unpaired) electrons. The van der Waals surface area contributed by atoms with Crippen LogP contribution in [0.1, 0.15) is 65.3 Å². The van der Waals surface area contributed by atoms with Crippen LogP contribution in [-0.2, 0) is 0 Å². The zero-order valence-electron chi connectivity index (χ0n) is 12.0. The van der Waals surface area contributed by atoms with Crippen LogP contribution >= 0.6 is 0 Å². The number of unbranched alkanes of at least 4 members (excludes halogenated alkanes) is 1. The molecule has 0 aliphatic carbocycles. The third-order valence-corrected chi connectivity index (χ3v) is 2.87. The Morgan fingerprint density at radius 1 is 1.17 bits per heavy atom. The highest BCUT2D eigenvalue weighted by Crippen LogP contribution is 2.15. The minimum absolute atomic E-state index is 0.110. The molecule has 2 unspecified atom stereocenters. The fraction of sp³-hybridized carbons (Fsp3) is 0.846. The molecule has 0 amide bonds. The van der Waals surface area contributed by atoms with E-state index in [1.807, 2.05) is 6.92 Å². The molecule has 2 N–H and O–H groups in total. The molecule has 0 aliphatic rings. The van der Waals surface area contributed by atoms with Crippen molar-refractivity contribution in [3.63, 3.8) is 0 Å². The second kappa shape index (κ2) is 8.08. The third kappa shape index (κ3) is 5.04. The van der Waals surface area contributed by atoms with Crippen molar-refractivity contribution in [2.75, 3.05) is 11.9 Å². The fourth-order valence-electron chi connectivity index (χ4n) is 1.71. The average Bonchev–Trinajstić information content (AvgIpc) is 2.82. The van der Waals surface area contributed by atoms with Gasteiger partial charge in [-0.15, -0.1) is 5.10 Å². The Morgan fingerprint density at radius 2 is 1.94 bits per heavy atom. The monoisotopic (exact) mass is 254 g/mol. The van der Waals surface area contributed by atoms with E-state index in [-0.39, 0.29) is 6.04 Å². The molecule has 1 aromatic rings. The van der Waals surface area contributed by atoms with Crippen molar-refractivity contribution in [1.82, 2.24) is 15.5 Å². The SMILES string of the molecule is CCCCC(C)Nc1nnc(C(C)NCCC)o1. The summed E-state index contributed by atoms with van der Waals surface area (Å²) in [6, 6.07) is 1.01. The summed E-state index contributed by atoms with van der Waals surface area (Å²) >= 11 is 0. The molecule has 0 aliphatic heterocycles. The van der Waals surface area contributed by atoms with E-state index in [1.165, 1.54) is 12.8 Å². The highest BCUT2D eigenvalue weighted by molar-refractivity contribution is 5.19. The van der Waals surface area contributed by atoms with E-state index in [0.717, 1.165) is 19.4 Å². The minimum atomic E-state index is 0.110. The summed E-state index contributed by atoms with van der Waals surface area (Å²) in [5, 5.41) is 14.7. The maximum atomic E-state index is 5.60. The molecule has 0 saturated heterocycles. The first-order chi connectivity index (χ1) is 8.67. The number of anilines is 1. The van der Waals surface area contributed by atoms with Crippen LogP contribution in [0.5, 0.6) is 0 Å². The molecule has 5 nitrogen and oxygen atoms in total. The molecule has 18 heavy (non-hydrogen) atoms. The second-order valence-corrected chi connectivity index (χ2v) is 4.81. The molecule has 1 rings (SSSR count). The Kier molecular flexibility index (Phi) is 6.72. The topological polar surface area (TPSA) is 63.0 Å². The first kappa shape index (κ1) is 15.0. The summed E-state index contributed by atoms with van der Waals surface area (Å²) in [4.78, 5) is 0. The van der Waals surface area contributed by atoms with Crippen LogP contribution in [0.4, 0.5) is 6.01 Å². The predicted molar refractivity (Wildman–Crippen MR) is 73.6 cm³/mol. The van der Waals surface area contributed by atoms with E-state index in [1.54, 1.807) is 0 Å². The molecule has 0 bridgehead atoms. The average molecular weight is 254 g/mol. The number of nitrogens with one attached hydrogen (secondary N) is 2. The predicted octanol–water partition coefficient (Wildman–Crippen LogP) is 3.12. The van der Waals surface area contributed by atoms with Crippen LogP contribution in [0.2, 0.25) is 0 Å². The molecule has 1 heterocycles. The number of nitrogens with zero attached hydrogens (tertiary/aromatic N) is 2. The van der Waals surface area contributed by atoms with Gasteiger partial charge < -0.3 is 15.1 Å². The molecule has 2 atom stereocenters. The zero-order valence-corrected chi connectivity index (χ0v) is 12.0. The van der Waals surface area contributed by atoms with Crippen LogP contribution < -0.4 is 10.6 Å². The molecule has 0 spiro atoms. The minimum Gasteiger partial charge on any atom is -0.406 e. The molecule has 1 aromatic heterocycles. The molecule has 0 fully saturated rings. The van der Waals surface area contributed by atoms with E-state index < -0.39 is 0 Å². The normalized spacial score (nSPS) is 14.4. The first-order valence-corrected chi connectivity index (χ1v) is 7.00. The Bertz CT molecular complexity index is 327. The lowest BCUT2D eigenvalue weighted by Gasteiger charge is -2.11. The Hall–Kier alpha value is -1.10. The van der Waals surface area contributed by atoms with Gasteiger partial charge in [0.15, 0.2) is 0 Å². The molecule has 5 heteroatoms. The van der Waals surface area contributed by atoms with Crippen LogP contribution in [-0.4, -0.2) is 22.8 Å². The van der Waals surface area contributed by atoms with Gasteiger partial charge in [-0.2, -0.15) is 0 Å². The maximum Gasteiger partial charge on any atom is 0.315 e. The van der Waals surface area contributed by atoms with Gasteiger partial charge >= 0.3 is 6.01 Å². The summed E-state index contributed by atoms with van der Waals surface area (Å²) < 4.78 is 5.60. The van der Waals surface area contributed by atoms with Gasteiger partial charge in [-0.25, -0.2) is 0 Å². The summed E-state index contributed by atoms with van der Waals surface area (Å²) in [7, 11) is 0. The van der Waals surface area contributed by atoms with E-state index in [9.17, 15) is 0 Å². The maximum absolute atomic E-state index is 5.60. The Morgan fingerprint density at radius 3 is 2.61 bits per heavy atom. The second-order valence-electron chi connectivity index (χ2n) is 4.81. The Labute approximate surface area is 110 Å². The van der Waals surface area contributed by atoms with Gasteiger partial charge in [0.25, 0.3) is 0 Å². The van der Waals surface area contributed by atoms with Gasteiger partial charge in [0.1, 0.15) is 0 Å². The lowest BCUT2D eigenvalue weighted by Crippen LogP contribution is -2.19. The highest BCUT2D eigenvalue weighted by Gasteiger charge is 2.14.